The normalized spacial score (nSPS) is 18.6. The summed E-state index contributed by atoms with van der Waals surface area (Å²) in [5, 5.41) is 0. The second kappa shape index (κ2) is 9.37. The van der Waals surface area contributed by atoms with E-state index in [4.69, 9.17) is 4.74 Å². The maximum absolute atomic E-state index is 13.5. The molecule has 1 aromatic carbocycles. The lowest BCUT2D eigenvalue weighted by Crippen LogP contribution is -2.45. The molecule has 2 rings (SSSR count). The summed E-state index contributed by atoms with van der Waals surface area (Å²) in [7, 11) is 1.99. The van der Waals surface area contributed by atoms with E-state index in [0.29, 0.717) is 30.6 Å². The standard InChI is InChI=1S/C20H35N3O3S/c1-7-22-10-8-9-18(22)15-23(12-11-21(4)5)27(24,25)20-14-16(2)19(26-6)13-17(20)3/h13-14,18H,7-12,15H2,1-6H3. The van der Waals surface area contributed by atoms with Crippen LogP contribution in [0.2, 0.25) is 0 Å². The van der Waals surface area contributed by atoms with Gasteiger partial charge in [-0.2, -0.15) is 4.31 Å². The lowest BCUT2D eigenvalue weighted by molar-refractivity contribution is 0.220. The molecule has 6 nitrogen and oxygen atoms in total. The van der Waals surface area contributed by atoms with Crippen LogP contribution in [0, 0.1) is 13.8 Å². The number of likely N-dealkylation sites (N-methyl/N-ethyl adjacent to an activating group) is 2. The van der Waals surface area contributed by atoms with Crippen LogP contribution in [-0.2, 0) is 10.0 Å². The minimum absolute atomic E-state index is 0.298. The first-order chi connectivity index (χ1) is 12.7. The van der Waals surface area contributed by atoms with Gasteiger partial charge in [0, 0.05) is 25.7 Å². The monoisotopic (exact) mass is 397 g/mol. The van der Waals surface area contributed by atoms with Gasteiger partial charge in [-0.1, -0.05) is 6.92 Å². The Balaban J connectivity index is 2.36. The molecule has 1 fully saturated rings. The Morgan fingerprint density at radius 1 is 1.19 bits per heavy atom. The van der Waals surface area contributed by atoms with Gasteiger partial charge in [-0.3, -0.25) is 4.90 Å². The van der Waals surface area contributed by atoms with Gasteiger partial charge in [0.05, 0.1) is 12.0 Å². The highest BCUT2D eigenvalue weighted by Crippen LogP contribution is 2.29. The van der Waals surface area contributed by atoms with Crippen LogP contribution in [0.25, 0.3) is 0 Å². The van der Waals surface area contributed by atoms with Crippen molar-refractivity contribution in [2.75, 3.05) is 53.9 Å². The predicted octanol–water partition coefficient (Wildman–Crippen LogP) is 2.35. The van der Waals surface area contributed by atoms with Crippen molar-refractivity contribution >= 4 is 10.0 Å². The number of rotatable bonds is 9. The Morgan fingerprint density at radius 2 is 1.89 bits per heavy atom. The van der Waals surface area contributed by atoms with Crippen molar-refractivity contribution in [3.05, 3.63) is 23.3 Å². The third-order valence-corrected chi connectivity index (χ3v) is 7.43. The Bertz CT molecular complexity index is 734. The lowest BCUT2D eigenvalue weighted by atomic mass is 10.1. The summed E-state index contributed by atoms with van der Waals surface area (Å²) in [5.41, 5.74) is 1.57. The molecule has 0 amide bonds. The molecule has 27 heavy (non-hydrogen) atoms. The smallest absolute Gasteiger partial charge is 0.243 e. The van der Waals surface area contributed by atoms with Crippen LogP contribution < -0.4 is 4.74 Å². The van der Waals surface area contributed by atoms with Gasteiger partial charge in [-0.25, -0.2) is 8.42 Å². The maximum atomic E-state index is 13.5. The van der Waals surface area contributed by atoms with Gasteiger partial charge in [0.15, 0.2) is 0 Å². The summed E-state index contributed by atoms with van der Waals surface area (Å²) in [6.07, 6.45) is 2.20. The van der Waals surface area contributed by atoms with Gasteiger partial charge < -0.3 is 9.64 Å². The Hall–Kier alpha value is -1.15. The van der Waals surface area contributed by atoms with Crippen LogP contribution in [0.1, 0.15) is 30.9 Å². The van der Waals surface area contributed by atoms with Crippen LogP contribution in [-0.4, -0.2) is 82.5 Å². The van der Waals surface area contributed by atoms with Crippen molar-refractivity contribution in [2.24, 2.45) is 0 Å². The Labute approximate surface area is 165 Å². The fourth-order valence-corrected chi connectivity index (χ4v) is 5.53. The largest absolute Gasteiger partial charge is 0.496 e. The van der Waals surface area contributed by atoms with Gasteiger partial charge in [-0.15, -0.1) is 0 Å². The van der Waals surface area contributed by atoms with Crippen molar-refractivity contribution in [1.29, 1.82) is 0 Å². The molecule has 7 heteroatoms. The third kappa shape index (κ3) is 5.22. The van der Waals surface area contributed by atoms with E-state index in [1.807, 2.05) is 38.9 Å². The number of hydrogen-bond acceptors (Lipinski definition) is 5. The van der Waals surface area contributed by atoms with Crippen molar-refractivity contribution < 1.29 is 13.2 Å². The zero-order valence-corrected chi connectivity index (χ0v) is 18.5. The highest BCUT2D eigenvalue weighted by Gasteiger charge is 2.32. The average Bonchev–Trinajstić information content (AvgIpc) is 3.06. The van der Waals surface area contributed by atoms with Gasteiger partial charge in [-0.05, 0) is 77.1 Å². The van der Waals surface area contributed by atoms with E-state index in [1.54, 1.807) is 17.5 Å². The van der Waals surface area contributed by atoms with E-state index in [9.17, 15) is 8.42 Å². The molecule has 1 atom stereocenters. The van der Waals surface area contributed by atoms with E-state index < -0.39 is 10.0 Å². The molecule has 1 aliphatic rings. The fourth-order valence-electron chi connectivity index (χ4n) is 3.77. The van der Waals surface area contributed by atoms with E-state index in [0.717, 1.165) is 42.8 Å². The number of methoxy groups -OCH3 is 1. The number of aryl methyl sites for hydroxylation is 2. The van der Waals surface area contributed by atoms with E-state index in [2.05, 4.69) is 11.8 Å². The van der Waals surface area contributed by atoms with Crippen molar-refractivity contribution in [1.82, 2.24) is 14.1 Å². The molecular weight excluding hydrogens is 362 g/mol. The second-order valence-corrected chi connectivity index (χ2v) is 9.58. The van der Waals surface area contributed by atoms with Gasteiger partial charge >= 0.3 is 0 Å². The summed E-state index contributed by atoms with van der Waals surface area (Å²) in [6, 6.07) is 3.87. The molecule has 0 radical (unpaired) electrons. The number of sulfonamides is 1. The molecule has 0 bridgehead atoms. The maximum Gasteiger partial charge on any atom is 0.243 e. The molecular formula is C20H35N3O3S. The number of likely N-dealkylation sites (tertiary alicyclic amines) is 1. The molecule has 154 valence electrons. The third-order valence-electron chi connectivity index (χ3n) is 5.43. The molecule has 1 heterocycles. The molecule has 0 N–H and O–H groups in total. The lowest BCUT2D eigenvalue weighted by Gasteiger charge is -2.31. The first-order valence-electron chi connectivity index (χ1n) is 9.74. The van der Waals surface area contributed by atoms with Crippen molar-refractivity contribution in [2.45, 2.75) is 44.6 Å². The molecule has 1 aliphatic heterocycles. The summed E-state index contributed by atoms with van der Waals surface area (Å²) in [4.78, 5) is 4.81. The van der Waals surface area contributed by atoms with Gasteiger partial charge in [0.25, 0.3) is 0 Å². The van der Waals surface area contributed by atoms with Gasteiger partial charge in [0.1, 0.15) is 5.75 Å². The molecule has 0 aliphatic carbocycles. The number of nitrogens with zero attached hydrogens (tertiary/aromatic N) is 3. The number of hydrogen-bond donors (Lipinski definition) is 0. The Kier molecular flexibility index (Phi) is 7.68. The molecule has 1 aromatic rings. The highest BCUT2D eigenvalue weighted by atomic mass is 32.2. The number of benzene rings is 1. The summed E-state index contributed by atoms with van der Waals surface area (Å²) in [6.45, 7) is 9.64. The summed E-state index contributed by atoms with van der Waals surface area (Å²) in [5.74, 6) is 0.722. The van der Waals surface area contributed by atoms with Crippen LogP contribution in [0.3, 0.4) is 0 Å². The molecule has 1 saturated heterocycles. The first-order valence-corrected chi connectivity index (χ1v) is 11.2. The van der Waals surface area contributed by atoms with Crippen LogP contribution in [0.15, 0.2) is 17.0 Å². The summed E-state index contributed by atoms with van der Waals surface area (Å²) >= 11 is 0. The van der Waals surface area contributed by atoms with Crippen molar-refractivity contribution in [3.63, 3.8) is 0 Å². The zero-order chi connectivity index (χ0) is 20.2. The Morgan fingerprint density at radius 3 is 2.48 bits per heavy atom. The second-order valence-electron chi connectivity index (χ2n) is 7.68. The van der Waals surface area contributed by atoms with E-state index in [-0.39, 0.29) is 0 Å². The van der Waals surface area contributed by atoms with Crippen LogP contribution >= 0.6 is 0 Å². The molecule has 0 saturated carbocycles. The fraction of sp³-hybridized carbons (Fsp3) is 0.700. The average molecular weight is 398 g/mol. The van der Waals surface area contributed by atoms with Crippen LogP contribution in [0.5, 0.6) is 5.75 Å². The zero-order valence-electron chi connectivity index (χ0n) is 17.7. The first kappa shape index (κ1) is 22.1. The quantitative estimate of drug-likeness (QED) is 0.640. The van der Waals surface area contributed by atoms with E-state index in [1.165, 1.54) is 0 Å². The minimum atomic E-state index is -3.57. The van der Waals surface area contributed by atoms with Crippen LogP contribution in [0.4, 0.5) is 0 Å². The highest BCUT2D eigenvalue weighted by molar-refractivity contribution is 7.89. The number of ether oxygens (including phenoxy) is 1. The summed E-state index contributed by atoms with van der Waals surface area (Å²) < 4.78 is 34.1. The SMILES string of the molecule is CCN1CCCC1CN(CCN(C)C)S(=O)(=O)c1cc(C)c(OC)cc1C. The molecule has 1 unspecified atom stereocenters. The van der Waals surface area contributed by atoms with Gasteiger partial charge in [0.2, 0.25) is 10.0 Å². The minimum Gasteiger partial charge on any atom is -0.496 e. The predicted molar refractivity (Wildman–Crippen MR) is 110 cm³/mol. The topological polar surface area (TPSA) is 53.1 Å². The molecule has 0 aromatic heterocycles. The van der Waals surface area contributed by atoms with Crippen molar-refractivity contribution in [3.8, 4) is 5.75 Å². The molecule has 0 spiro atoms. The van der Waals surface area contributed by atoms with E-state index >= 15 is 0 Å².